The molecule has 0 atom stereocenters. The van der Waals surface area contributed by atoms with Crippen molar-refractivity contribution < 1.29 is 9.53 Å². The summed E-state index contributed by atoms with van der Waals surface area (Å²) in [6.45, 7) is 5.18. The number of amides is 1. The summed E-state index contributed by atoms with van der Waals surface area (Å²) in [7, 11) is 1.60. The summed E-state index contributed by atoms with van der Waals surface area (Å²) in [4.78, 5) is 22.5. The van der Waals surface area contributed by atoms with Crippen LogP contribution in [0.3, 0.4) is 0 Å². The Morgan fingerprint density at radius 2 is 1.95 bits per heavy atom. The van der Waals surface area contributed by atoms with Gasteiger partial charge in [-0.2, -0.15) is 0 Å². The summed E-state index contributed by atoms with van der Waals surface area (Å²) >= 11 is 0. The summed E-state index contributed by atoms with van der Waals surface area (Å²) in [5, 5.41) is 3.08. The van der Waals surface area contributed by atoms with E-state index in [0.29, 0.717) is 30.5 Å². The second-order valence-corrected chi connectivity index (χ2v) is 4.57. The molecule has 1 amide bonds. The van der Waals surface area contributed by atoms with E-state index >= 15 is 0 Å². The maximum atomic E-state index is 12.3. The van der Waals surface area contributed by atoms with Crippen molar-refractivity contribution in [1.29, 1.82) is 0 Å². The van der Waals surface area contributed by atoms with E-state index in [-0.39, 0.29) is 5.91 Å². The molecule has 2 aromatic rings. The summed E-state index contributed by atoms with van der Waals surface area (Å²) in [6, 6.07) is 9.09. The Hall–Kier alpha value is -2.63. The van der Waals surface area contributed by atoms with Gasteiger partial charge in [0.05, 0.1) is 12.8 Å². The molecular formula is C16H20N4O2. The highest BCUT2D eigenvalue weighted by Gasteiger charge is 2.15. The first-order valence-corrected chi connectivity index (χ1v) is 7.22. The fraction of sp³-hybridized carbons (Fsp3) is 0.312. The molecule has 1 N–H and O–H groups in total. The summed E-state index contributed by atoms with van der Waals surface area (Å²) in [5.41, 5.74) is 1.12. The topological polar surface area (TPSA) is 67.4 Å². The van der Waals surface area contributed by atoms with Crippen LogP contribution in [0.1, 0.15) is 24.3 Å². The molecule has 1 aromatic carbocycles. The van der Waals surface area contributed by atoms with E-state index in [2.05, 4.69) is 15.3 Å². The van der Waals surface area contributed by atoms with Gasteiger partial charge in [0.1, 0.15) is 11.4 Å². The minimum absolute atomic E-state index is 0.101. The van der Waals surface area contributed by atoms with Gasteiger partial charge in [-0.25, -0.2) is 9.97 Å². The number of hydrogen-bond donors (Lipinski definition) is 1. The molecule has 0 aliphatic rings. The van der Waals surface area contributed by atoms with E-state index in [1.165, 1.54) is 0 Å². The number of methoxy groups -OCH3 is 1. The van der Waals surface area contributed by atoms with Gasteiger partial charge in [-0.1, -0.05) is 12.1 Å². The molecule has 0 saturated carbocycles. The fourth-order valence-electron chi connectivity index (χ4n) is 2.08. The van der Waals surface area contributed by atoms with Gasteiger partial charge in [0, 0.05) is 19.3 Å². The van der Waals surface area contributed by atoms with Crippen LogP contribution in [-0.2, 0) is 0 Å². The predicted molar refractivity (Wildman–Crippen MR) is 85.6 cm³/mol. The second kappa shape index (κ2) is 7.40. The Labute approximate surface area is 130 Å². The molecule has 0 spiro atoms. The molecule has 1 aromatic heterocycles. The zero-order valence-corrected chi connectivity index (χ0v) is 13.0. The number of anilines is 2. The normalized spacial score (nSPS) is 10.1. The largest absolute Gasteiger partial charge is 0.495 e. The van der Waals surface area contributed by atoms with Crippen LogP contribution in [0.15, 0.2) is 36.5 Å². The Morgan fingerprint density at radius 3 is 2.64 bits per heavy atom. The minimum Gasteiger partial charge on any atom is -0.495 e. The van der Waals surface area contributed by atoms with Crippen LogP contribution in [0.5, 0.6) is 5.75 Å². The molecule has 0 fully saturated rings. The van der Waals surface area contributed by atoms with Crippen LogP contribution >= 0.6 is 0 Å². The number of rotatable bonds is 6. The SMILES string of the molecule is CCN(CC)C(=O)c1ccnc(Nc2ccccc2OC)n1. The van der Waals surface area contributed by atoms with Crippen LogP contribution in [0.2, 0.25) is 0 Å². The lowest BCUT2D eigenvalue weighted by atomic mass is 10.3. The lowest BCUT2D eigenvalue weighted by molar-refractivity contribution is 0.0767. The number of carbonyl (C=O) groups excluding carboxylic acids is 1. The number of hydrogen-bond acceptors (Lipinski definition) is 5. The number of carbonyl (C=O) groups is 1. The number of nitrogens with one attached hydrogen (secondary N) is 1. The quantitative estimate of drug-likeness (QED) is 0.888. The highest BCUT2D eigenvalue weighted by Crippen LogP contribution is 2.25. The Morgan fingerprint density at radius 1 is 1.23 bits per heavy atom. The molecule has 1 heterocycles. The van der Waals surface area contributed by atoms with Crippen LogP contribution in [0.4, 0.5) is 11.6 Å². The number of para-hydroxylation sites is 2. The summed E-state index contributed by atoms with van der Waals surface area (Å²) in [6.07, 6.45) is 1.57. The van der Waals surface area contributed by atoms with E-state index in [0.717, 1.165) is 5.69 Å². The Bertz CT molecular complexity index is 642. The number of benzene rings is 1. The standard InChI is InChI=1S/C16H20N4O2/c1-4-20(5-2)15(21)13-10-11-17-16(19-13)18-12-8-6-7-9-14(12)22-3/h6-11H,4-5H2,1-3H3,(H,17,18,19). The van der Waals surface area contributed by atoms with Crippen molar-refractivity contribution in [2.24, 2.45) is 0 Å². The van der Waals surface area contributed by atoms with Crippen LogP contribution < -0.4 is 10.1 Å². The molecule has 6 nitrogen and oxygen atoms in total. The van der Waals surface area contributed by atoms with Crippen LogP contribution in [0, 0.1) is 0 Å². The van der Waals surface area contributed by atoms with Crippen LogP contribution in [0.25, 0.3) is 0 Å². The van der Waals surface area contributed by atoms with Crippen molar-refractivity contribution in [3.05, 3.63) is 42.2 Å². The third-order valence-corrected chi connectivity index (χ3v) is 3.28. The molecule has 0 saturated heterocycles. The van der Waals surface area contributed by atoms with Gasteiger partial charge in [-0.3, -0.25) is 4.79 Å². The van der Waals surface area contributed by atoms with Gasteiger partial charge in [-0.05, 0) is 32.0 Å². The molecule has 0 unspecified atom stereocenters. The highest BCUT2D eigenvalue weighted by molar-refractivity contribution is 5.92. The third-order valence-electron chi connectivity index (χ3n) is 3.28. The van der Waals surface area contributed by atoms with Gasteiger partial charge < -0.3 is 15.0 Å². The maximum Gasteiger partial charge on any atom is 0.272 e. The van der Waals surface area contributed by atoms with Gasteiger partial charge in [0.15, 0.2) is 0 Å². The van der Waals surface area contributed by atoms with E-state index in [1.807, 2.05) is 38.1 Å². The van der Waals surface area contributed by atoms with E-state index in [4.69, 9.17) is 4.74 Å². The van der Waals surface area contributed by atoms with Crippen LogP contribution in [-0.4, -0.2) is 41.0 Å². The fourth-order valence-corrected chi connectivity index (χ4v) is 2.08. The van der Waals surface area contributed by atoms with Crippen molar-refractivity contribution in [3.63, 3.8) is 0 Å². The monoisotopic (exact) mass is 300 g/mol. The minimum atomic E-state index is -0.101. The molecule has 22 heavy (non-hydrogen) atoms. The lowest BCUT2D eigenvalue weighted by Crippen LogP contribution is -2.31. The van der Waals surface area contributed by atoms with Crippen molar-refractivity contribution in [2.75, 3.05) is 25.5 Å². The van der Waals surface area contributed by atoms with Gasteiger partial charge in [0.2, 0.25) is 5.95 Å². The van der Waals surface area contributed by atoms with Crippen molar-refractivity contribution in [3.8, 4) is 5.75 Å². The smallest absolute Gasteiger partial charge is 0.272 e. The molecule has 116 valence electrons. The Balaban J connectivity index is 2.23. The van der Waals surface area contributed by atoms with Gasteiger partial charge in [0.25, 0.3) is 5.91 Å². The molecule has 0 aliphatic heterocycles. The van der Waals surface area contributed by atoms with E-state index in [9.17, 15) is 4.79 Å². The van der Waals surface area contributed by atoms with E-state index in [1.54, 1.807) is 24.3 Å². The Kier molecular flexibility index (Phi) is 5.30. The summed E-state index contributed by atoms with van der Waals surface area (Å²) in [5.74, 6) is 0.949. The highest BCUT2D eigenvalue weighted by atomic mass is 16.5. The second-order valence-electron chi connectivity index (χ2n) is 4.57. The lowest BCUT2D eigenvalue weighted by Gasteiger charge is -2.18. The summed E-state index contributed by atoms with van der Waals surface area (Å²) < 4.78 is 5.28. The molecule has 0 bridgehead atoms. The first-order chi connectivity index (χ1) is 10.7. The van der Waals surface area contributed by atoms with Crippen molar-refractivity contribution in [1.82, 2.24) is 14.9 Å². The number of nitrogens with zero attached hydrogens (tertiary/aromatic N) is 3. The zero-order valence-electron chi connectivity index (χ0n) is 13.0. The average Bonchev–Trinajstić information content (AvgIpc) is 2.56. The molecule has 2 rings (SSSR count). The van der Waals surface area contributed by atoms with Crippen molar-refractivity contribution >= 4 is 17.5 Å². The van der Waals surface area contributed by atoms with Crippen molar-refractivity contribution in [2.45, 2.75) is 13.8 Å². The molecular weight excluding hydrogens is 280 g/mol. The molecule has 0 aliphatic carbocycles. The first-order valence-electron chi connectivity index (χ1n) is 7.22. The average molecular weight is 300 g/mol. The number of ether oxygens (including phenoxy) is 1. The molecule has 0 radical (unpaired) electrons. The predicted octanol–water partition coefficient (Wildman–Crippen LogP) is 2.71. The van der Waals surface area contributed by atoms with Gasteiger partial charge in [-0.15, -0.1) is 0 Å². The number of aromatic nitrogens is 2. The first kappa shape index (κ1) is 15.8. The van der Waals surface area contributed by atoms with Gasteiger partial charge >= 0.3 is 0 Å². The molecule has 6 heteroatoms. The zero-order chi connectivity index (χ0) is 15.9. The van der Waals surface area contributed by atoms with E-state index < -0.39 is 0 Å². The maximum absolute atomic E-state index is 12.3. The third kappa shape index (κ3) is 3.52.